The molecule has 3 nitrogen and oxygen atoms in total. The molecular weight excluding hydrogens is 298 g/mol. The van der Waals surface area contributed by atoms with Gasteiger partial charge in [-0.3, -0.25) is 0 Å². The van der Waals surface area contributed by atoms with Gasteiger partial charge in [-0.05, 0) is 36.2 Å². The first-order valence-corrected chi connectivity index (χ1v) is 7.66. The van der Waals surface area contributed by atoms with E-state index >= 15 is 0 Å². The van der Waals surface area contributed by atoms with Crippen molar-refractivity contribution in [3.8, 4) is 5.75 Å². The SMILES string of the molecule is COc1ccc(C2CC(N)CN(c3cc(F)ccc3F)C2)cc1. The van der Waals surface area contributed by atoms with Gasteiger partial charge in [-0.2, -0.15) is 0 Å². The summed E-state index contributed by atoms with van der Waals surface area (Å²) in [7, 11) is 1.62. The number of methoxy groups -OCH3 is 1. The molecule has 122 valence electrons. The van der Waals surface area contributed by atoms with Crippen LogP contribution in [0, 0.1) is 11.6 Å². The molecule has 1 aliphatic rings. The second-order valence-corrected chi connectivity index (χ2v) is 5.97. The number of benzene rings is 2. The summed E-state index contributed by atoms with van der Waals surface area (Å²) in [6.45, 7) is 1.13. The molecule has 2 aromatic carbocycles. The van der Waals surface area contributed by atoms with Crippen LogP contribution in [0.5, 0.6) is 5.75 Å². The van der Waals surface area contributed by atoms with Crippen molar-refractivity contribution in [2.45, 2.75) is 18.4 Å². The van der Waals surface area contributed by atoms with Crippen molar-refractivity contribution in [1.29, 1.82) is 0 Å². The minimum atomic E-state index is -0.443. The van der Waals surface area contributed by atoms with Gasteiger partial charge in [-0.25, -0.2) is 8.78 Å². The van der Waals surface area contributed by atoms with Crippen LogP contribution in [0.25, 0.3) is 0 Å². The number of piperidine rings is 1. The summed E-state index contributed by atoms with van der Waals surface area (Å²) in [4.78, 5) is 1.83. The highest BCUT2D eigenvalue weighted by Gasteiger charge is 2.28. The van der Waals surface area contributed by atoms with Crippen molar-refractivity contribution >= 4 is 5.69 Å². The molecule has 1 fully saturated rings. The van der Waals surface area contributed by atoms with E-state index in [9.17, 15) is 8.78 Å². The Labute approximate surface area is 134 Å². The molecule has 1 aliphatic heterocycles. The van der Waals surface area contributed by atoms with Crippen molar-refractivity contribution in [1.82, 2.24) is 0 Å². The number of hydrogen-bond donors (Lipinski definition) is 1. The average Bonchev–Trinajstić information content (AvgIpc) is 2.56. The maximum Gasteiger partial charge on any atom is 0.146 e. The Morgan fingerprint density at radius 3 is 2.52 bits per heavy atom. The van der Waals surface area contributed by atoms with Gasteiger partial charge in [-0.15, -0.1) is 0 Å². The third kappa shape index (κ3) is 3.45. The standard InChI is InChI=1S/C18H20F2N2O/c1-23-16-5-2-12(3-6-16)13-8-15(21)11-22(10-13)18-9-14(19)4-7-17(18)20/h2-7,9,13,15H,8,10-11,21H2,1H3. The highest BCUT2D eigenvalue weighted by molar-refractivity contribution is 5.49. The smallest absolute Gasteiger partial charge is 0.146 e. The minimum Gasteiger partial charge on any atom is -0.497 e. The van der Waals surface area contributed by atoms with Gasteiger partial charge >= 0.3 is 0 Å². The molecule has 0 aromatic heterocycles. The average molecular weight is 318 g/mol. The molecule has 23 heavy (non-hydrogen) atoms. The first-order chi connectivity index (χ1) is 11.1. The van der Waals surface area contributed by atoms with Crippen molar-refractivity contribution < 1.29 is 13.5 Å². The monoisotopic (exact) mass is 318 g/mol. The van der Waals surface area contributed by atoms with Crippen LogP contribution in [-0.2, 0) is 0 Å². The van der Waals surface area contributed by atoms with Crippen LogP contribution in [0.15, 0.2) is 42.5 Å². The van der Waals surface area contributed by atoms with E-state index in [4.69, 9.17) is 10.5 Å². The van der Waals surface area contributed by atoms with Crippen molar-refractivity contribution in [3.63, 3.8) is 0 Å². The fourth-order valence-corrected chi connectivity index (χ4v) is 3.18. The van der Waals surface area contributed by atoms with E-state index in [1.807, 2.05) is 29.2 Å². The van der Waals surface area contributed by atoms with Gasteiger partial charge in [-0.1, -0.05) is 12.1 Å². The number of anilines is 1. The summed E-state index contributed by atoms with van der Waals surface area (Å²) < 4.78 is 32.7. The van der Waals surface area contributed by atoms with Gasteiger partial charge in [0.2, 0.25) is 0 Å². The van der Waals surface area contributed by atoms with Crippen molar-refractivity contribution in [3.05, 3.63) is 59.7 Å². The summed E-state index contributed by atoms with van der Waals surface area (Å²) in [5.41, 5.74) is 7.56. The van der Waals surface area contributed by atoms with Crippen LogP contribution in [-0.4, -0.2) is 26.2 Å². The summed E-state index contributed by atoms with van der Waals surface area (Å²) in [5.74, 6) is 0.102. The van der Waals surface area contributed by atoms with Crippen LogP contribution in [0.4, 0.5) is 14.5 Å². The highest BCUT2D eigenvalue weighted by Crippen LogP contribution is 2.32. The highest BCUT2D eigenvalue weighted by atomic mass is 19.1. The molecule has 0 radical (unpaired) electrons. The molecule has 0 amide bonds. The maximum absolute atomic E-state index is 14.0. The van der Waals surface area contributed by atoms with E-state index in [1.54, 1.807) is 7.11 Å². The van der Waals surface area contributed by atoms with E-state index in [2.05, 4.69) is 0 Å². The lowest BCUT2D eigenvalue weighted by atomic mass is 9.88. The lowest BCUT2D eigenvalue weighted by Crippen LogP contribution is -2.46. The second kappa shape index (κ2) is 6.54. The first-order valence-electron chi connectivity index (χ1n) is 7.66. The third-order valence-electron chi connectivity index (χ3n) is 4.32. The summed E-state index contributed by atoms with van der Waals surface area (Å²) >= 11 is 0. The van der Waals surface area contributed by atoms with Crippen molar-refractivity contribution in [2.24, 2.45) is 5.73 Å². The van der Waals surface area contributed by atoms with Crippen LogP contribution in [0.3, 0.4) is 0 Å². The van der Waals surface area contributed by atoms with E-state index < -0.39 is 11.6 Å². The lowest BCUT2D eigenvalue weighted by Gasteiger charge is -2.38. The second-order valence-electron chi connectivity index (χ2n) is 5.97. The van der Waals surface area contributed by atoms with Crippen LogP contribution in [0.2, 0.25) is 0 Å². The predicted molar refractivity (Wildman–Crippen MR) is 86.9 cm³/mol. The molecule has 0 bridgehead atoms. The molecule has 0 saturated carbocycles. The fourth-order valence-electron chi connectivity index (χ4n) is 3.18. The van der Waals surface area contributed by atoms with Gasteiger partial charge in [0.1, 0.15) is 17.4 Å². The molecular formula is C18H20F2N2O. The van der Waals surface area contributed by atoms with Gasteiger partial charge in [0.05, 0.1) is 12.8 Å². The maximum atomic E-state index is 14.0. The number of nitrogens with two attached hydrogens (primary N) is 1. The molecule has 0 spiro atoms. The summed E-state index contributed by atoms with van der Waals surface area (Å²) in [6, 6.07) is 11.3. The van der Waals surface area contributed by atoms with Gasteiger partial charge in [0.15, 0.2) is 0 Å². The molecule has 1 heterocycles. The minimum absolute atomic E-state index is 0.0847. The first kappa shape index (κ1) is 15.7. The van der Waals surface area contributed by atoms with Crippen molar-refractivity contribution in [2.75, 3.05) is 25.1 Å². The molecule has 2 atom stereocenters. The molecule has 2 unspecified atom stereocenters. The zero-order valence-electron chi connectivity index (χ0n) is 13.0. The molecule has 0 aliphatic carbocycles. The molecule has 2 aromatic rings. The topological polar surface area (TPSA) is 38.5 Å². The zero-order chi connectivity index (χ0) is 16.4. The Balaban J connectivity index is 1.85. The zero-order valence-corrected chi connectivity index (χ0v) is 13.0. The number of halogens is 2. The van der Waals surface area contributed by atoms with E-state index in [-0.39, 0.29) is 17.6 Å². The van der Waals surface area contributed by atoms with Crippen LogP contribution < -0.4 is 15.4 Å². The Morgan fingerprint density at radius 1 is 1.09 bits per heavy atom. The molecule has 1 saturated heterocycles. The van der Waals surface area contributed by atoms with E-state index in [1.165, 1.54) is 6.07 Å². The van der Waals surface area contributed by atoms with Crippen LogP contribution in [0.1, 0.15) is 17.9 Å². The number of nitrogens with zero attached hydrogens (tertiary/aromatic N) is 1. The van der Waals surface area contributed by atoms with Gasteiger partial charge in [0, 0.05) is 31.1 Å². The van der Waals surface area contributed by atoms with Gasteiger partial charge < -0.3 is 15.4 Å². The molecule has 5 heteroatoms. The van der Waals surface area contributed by atoms with Crippen LogP contribution >= 0.6 is 0 Å². The summed E-state index contributed by atoms with van der Waals surface area (Å²) in [5, 5.41) is 0. The lowest BCUT2D eigenvalue weighted by molar-refractivity contribution is 0.413. The molecule has 2 N–H and O–H groups in total. The number of ether oxygens (including phenoxy) is 1. The Hall–Kier alpha value is -2.14. The Morgan fingerprint density at radius 2 is 1.83 bits per heavy atom. The Kier molecular flexibility index (Phi) is 4.48. The summed E-state index contributed by atoms with van der Waals surface area (Å²) in [6.07, 6.45) is 0.819. The van der Waals surface area contributed by atoms with Gasteiger partial charge in [0.25, 0.3) is 0 Å². The largest absolute Gasteiger partial charge is 0.497 e. The Bertz CT molecular complexity index is 675. The molecule has 3 rings (SSSR count). The normalized spacial score (nSPS) is 21.3. The number of rotatable bonds is 3. The fraction of sp³-hybridized carbons (Fsp3) is 0.333. The third-order valence-corrected chi connectivity index (χ3v) is 4.32. The predicted octanol–water partition coefficient (Wildman–Crippen LogP) is 3.29. The quantitative estimate of drug-likeness (QED) is 0.944. The van der Waals surface area contributed by atoms with E-state index in [0.717, 1.165) is 29.9 Å². The van der Waals surface area contributed by atoms with E-state index in [0.29, 0.717) is 13.1 Å². The number of hydrogen-bond acceptors (Lipinski definition) is 3.